The minimum Gasteiger partial charge on any atom is -0.490 e. The van der Waals surface area contributed by atoms with Gasteiger partial charge in [0, 0.05) is 35.0 Å². The van der Waals surface area contributed by atoms with Crippen LogP contribution in [0.1, 0.15) is 11.1 Å². The van der Waals surface area contributed by atoms with Crippen LogP contribution in [0.3, 0.4) is 0 Å². The molecule has 0 amide bonds. The van der Waals surface area contributed by atoms with E-state index in [0.29, 0.717) is 11.6 Å². The molecule has 3 heterocycles. The Morgan fingerprint density at radius 3 is 2.66 bits per heavy atom. The molecule has 0 radical (unpaired) electrons. The lowest BCUT2D eigenvalue weighted by atomic mass is 9.93. The van der Waals surface area contributed by atoms with E-state index in [1.165, 1.54) is 0 Å². The van der Waals surface area contributed by atoms with E-state index in [9.17, 15) is 9.90 Å². The summed E-state index contributed by atoms with van der Waals surface area (Å²) in [5, 5.41) is 11.1. The maximum absolute atomic E-state index is 11.8. The topological polar surface area (TPSA) is 75.5 Å². The Hall–Kier alpha value is -3.94. The predicted molar refractivity (Wildman–Crippen MR) is 154 cm³/mol. The lowest BCUT2D eigenvalue weighted by Gasteiger charge is -2.28. The van der Waals surface area contributed by atoms with Crippen LogP contribution in [0.15, 0.2) is 66.9 Å². The van der Waals surface area contributed by atoms with Crippen molar-refractivity contribution in [2.75, 3.05) is 25.1 Å². The lowest BCUT2D eigenvalue weighted by molar-refractivity contribution is -0.136. The largest absolute Gasteiger partial charge is 0.490 e. The molecule has 38 heavy (non-hydrogen) atoms. The van der Waals surface area contributed by atoms with Gasteiger partial charge in [-0.3, -0.25) is 9.78 Å². The predicted octanol–water partition coefficient (Wildman–Crippen LogP) is 7.11. The first-order chi connectivity index (χ1) is 18.4. The first-order valence-electron chi connectivity index (χ1n) is 12.2. The van der Waals surface area contributed by atoms with E-state index in [1.807, 2.05) is 55.5 Å². The van der Waals surface area contributed by atoms with Crippen LogP contribution in [-0.4, -0.2) is 41.2 Å². The summed E-state index contributed by atoms with van der Waals surface area (Å²) in [5.74, 6) is 0.0133. The summed E-state index contributed by atoms with van der Waals surface area (Å²) in [7, 11) is 2.06. The average Bonchev–Trinajstić information content (AvgIpc) is 3.33. The number of carboxylic acid groups (broad SMARTS) is 1. The first-order valence-corrected chi connectivity index (χ1v) is 13.4. The number of halogens is 1. The van der Waals surface area contributed by atoms with Gasteiger partial charge in [-0.05, 0) is 72.1 Å². The van der Waals surface area contributed by atoms with Crippen molar-refractivity contribution >= 4 is 44.8 Å². The summed E-state index contributed by atoms with van der Waals surface area (Å²) < 4.78 is 6.75. The quantitative estimate of drug-likeness (QED) is 0.255. The molecular weight excluding hydrogens is 518 g/mol. The molecule has 0 bridgehead atoms. The van der Waals surface area contributed by atoms with Gasteiger partial charge in [-0.15, -0.1) is 11.3 Å². The standard InChI is InChI=1S/C30H24ClN3O3S/c1-17-13-24-29(28(22(17)16-27(35)36)18-3-6-21(31)7-4-18)38-30(33-24)20-9-10-32-23(14-20)19-5-8-26-25(15-19)34(2)11-12-37-26/h3-10,13-15H,11-12,16H2,1-2H3,(H,35,36). The smallest absolute Gasteiger partial charge is 0.307 e. The number of fused-ring (bicyclic) bond motifs is 2. The zero-order chi connectivity index (χ0) is 26.4. The number of rotatable bonds is 5. The summed E-state index contributed by atoms with van der Waals surface area (Å²) in [6.07, 6.45) is 1.74. The number of benzene rings is 3. The van der Waals surface area contributed by atoms with Crippen molar-refractivity contribution in [3.05, 3.63) is 83.0 Å². The third kappa shape index (κ3) is 4.48. The SMILES string of the molecule is Cc1cc2nc(-c3ccnc(-c4ccc5c(c4)N(C)CCO5)c3)sc2c(-c2ccc(Cl)cc2)c1CC(=O)O. The van der Waals surface area contributed by atoms with Crippen molar-refractivity contribution in [1.82, 2.24) is 9.97 Å². The summed E-state index contributed by atoms with van der Waals surface area (Å²) in [6.45, 7) is 3.46. The van der Waals surface area contributed by atoms with Crippen molar-refractivity contribution < 1.29 is 14.6 Å². The monoisotopic (exact) mass is 541 g/mol. The van der Waals surface area contributed by atoms with E-state index >= 15 is 0 Å². The van der Waals surface area contributed by atoms with E-state index in [2.05, 4.69) is 29.1 Å². The first kappa shape index (κ1) is 24.4. The lowest BCUT2D eigenvalue weighted by Crippen LogP contribution is -2.28. The minimum atomic E-state index is -0.868. The number of ether oxygens (including phenoxy) is 1. The van der Waals surface area contributed by atoms with Crippen LogP contribution in [0.5, 0.6) is 5.75 Å². The number of thiazole rings is 1. The number of aliphatic carboxylic acids is 1. The van der Waals surface area contributed by atoms with Crippen molar-refractivity contribution in [1.29, 1.82) is 0 Å². The number of hydrogen-bond acceptors (Lipinski definition) is 6. The summed E-state index contributed by atoms with van der Waals surface area (Å²) in [4.78, 5) is 23.6. The molecule has 3 aromatic carbocycles. The second-order valence-electron chi connectivity index (χ2n) is 9.37. The highest BCUT2D eigenvalue weighted by Gasteiger charge is 2.20. The van der Waals surface area contributed by atoms with Gasteiger partial charge in [0.25, 0.3) is 0 Å². The molecule has 0 fully saturated rings. The molecule has 1 aliphatic rings. The molecule has 5 aromatic rings. The molecule has 2 aromatic heterocycles. The molecule has 0 atom stereocenters. The Kier molecular flexibility index (Phi) is 6.26. The number of carbonyl (C=O) groups is 1. The molecule has 1 aliphatic heterocycles. The molecule has 0 saturated carbocycles. The van der Waals surface area contributed by atoms with Gasteiger partial charge in [-0.2, -0.15) is 0 Å². The van der Waals surface area contributed by atoms with Gasteiger partial charge in [-0.25, -0.2) is 4.98 Å². The Morgan fingerprint density at radius 1 is 1.08 bits per heavy atom. The highest BCUT2D eigenvalue weighted by molar-refractivity contribution is 7.22. The fourth-order valence-corrected chi connectivity index (χ4v) is 6.15. The summed E-state index contributed by atoms with van der Waals surface area (Å²) in [6, 6.07) is 19.7. The molecule has 0 unspecified atom stereocenters. The van der Waals surface area contributed by atoms with Crippen LogP contribution in [0.4, 0.5) is 5.69 Å². The highest BCUT2D eigenvalue weighted by Crippen LogP contribution is 2.42. The number of nitrogens with zero attached hydrogens (tertiary/aromatic N) is 3. The van der Waals surface area contributed by atoms with E-state index in [4.69, 9.17) is 21.3 Å². The van der Waals surface area contributed by atoms with Gasteiger partial charge in [0.2, 0.25) is 0 Å². The van der Waals surface area contributed by atoms with E-state index in [-0.39, 0.29) is 6.42 Å². The molecule has 0 spiro atoms. The number of anilines is 1. The molecule has 0 aliphatic carbocycles. The van der Waals surface area contributed by atoms with E-state index in [0.717, 1.165) is 72.3 Å². The molecule has 6 rings (SSSR count). The number of aryl methyl sites for hydroxylation is 1. The van der Waals surface area contributed by atoms with Crippen LogP contribution in [0, 0.1) is 6.92 Å². The highest BCUT2D eigenvalue weighted by atomic mass is 35.5. The van der Waals surface area contributed by atoms with Crippen molar-refractivity contribution in [3.8, 4) is 38.7 Å². The number of hydrogen-bond donors (Lipinski definition) is 1. The fourth-order valence-electron chi connectivity index (χ4n) is 4.89. The van der Waals surface area contributed by atoms with Gasteiger partial charge < -0.3 is 14.7 Å². The molecule has 1 N–H and O–H groups in total. The Balaban J connectivity index is 1.47. The van der Waals surface area contributed by atoms with Gasteiger partial charge in [0.15, 0.2) is 0 Å². The second-order valence-corrected chi connectivity index (χ2v) is 10.8. The van der Waals surface area contributed by atoms with Crippen LogP contribution < -0.4 is 9.64 Å². The van der Waals surface area contributed by atoms with Crippen LogP contribution in [-0.2, 0) is 11.2 Å². The van der Waals surface area contributed by atoms with Gasteiger partial charge in [0.05, 0.1) is 34.6 Å². The van der Waals surface area contributed by atoms with Crippen LogP contribution in [0.2, 0.25) is 5.02 Å². The van der Waals surface area contributed by atoms with Gasteiger partial charge in [-0.1, -0.05) is 23.7 Å². The molecular formula is C30H24ClN3O3S. The Morgan fingerprint density at radius 2 is 1.87 bits per heavy atom. The van der Waals surface area contributed by atoms with Crippen LogP contribution >= 0.6 is 22.9 Å². The van der Waals surface area contributed by atoms with Gasteiger partial charge in [0.1, 0.15) is 17.4 Å². The normalized spacial score (nSPS) is 12.9. The third-order valence-electron chi connectivity index (χ3n) is 6.83. The maximum Gasteiger partial charge on any atom is 0.307 e. The zero-order valence-corrected chi connectivity index (χ0v) is 22.4. The maximum atomic E-state index is 11.8. The van der Waals surface area contributed by atoms with Crippen molar-refractivity contribution in [2.24, 2.45) is 0 Å². The summed E-state index contributed by atoms with van der Waals surface area (Å²) in [5.41, 5.74) is 8.21. The Bertz CT molecular complexity index is 1700. The number of likely N-dealkylation sites (N-methyl/N-ethyl adjacent to an activating group) is 1. The molecule has 190 valence electrons. The minimum absolute atomic E-state index is 0.0666. The zero-order valence-electron chi connectivity index (χ0n) is 20.9. The second kappa shape index (κ2) is 9.74. The van der Waals surface area contributed by atoms with Crippen molar-refractivity contribution in [3.63, 3.8) is 0 Å². The molecule has 0 saturated heterocycles. The van der Waals surface area contributed by atoms with E-state index < -0.39 is 5.97 Å². The average molecular weight is 542 g/mol. The fraction of sp³-hybridized carbons (Fsp3) is 0.167. The number of carboxylic acids is 1. The Labute approximate surface area is 229 Å². The molecule has 6 nitrogen and oxygen atoms in total. The van der Waals surface area contributed by atoms with Gasteiger partial charge >= 0.3 is 5.97 Å². The third-order valence-corrected chi connectivity index (χ3v) is 8.22. The number of pyridine rings is 1. The van der Waals surface area contributed by atoms with Crippen molar-refractivity contribution in [2.45, 2.75) is 13.3 Å². The number of aromatic nitrogens is 2. The van der Waals surface area contributed by atoms with E-state index in [1.54, 1.807) is 17.5 Å². The summed E-state index contributed by atoms with van der Waals surface area (Å²) >= 11 is 7.71. The molecule has 8 heteroatoms. The van der Waals surface area contributed by atoms with Crippen LogP contribution in [0.25, 0.3) is 43.2 Å².